The second kappa shape index (κ2) is 23.2. The molecule has 0 atom stereocenters. The van der Waals surface area contributed by atoms with E-state index >= 15 is 0 Å². The Labute approximate surface area is 170 Å². The van der Waals surface area contributed by atoms with Crippen LogP contribution in [0.2, 0.25) is 0 Å². The summed E-state index contributed by atoms with van der Waals surface area (Å²) in [5.74, 6) is -0.654. The molecule has 0 unspecified atom stereocenters. The number of carboxylic acid groups (broad SMARTS) is 1. The minimum absolute atomic E-state index is 0.342. The summed E-state index contributed by atoms with van der Waals surface area (Å²) in [7, 11) is 0. The van der Waals surface area contributed by atoms with Gasteiger partial charge in [-0.2, -0.15) is 0 Å². The van der Waals surface area contributed by atoms with Crippen molar-refractivity contribution in [2.45, 2.75) is 142 Å². The summed E-state index contributed by atoms with van der Waals surface area (Å²) < 4.78 is 0. The van der Waals surface area contributed by atoms with Crippen molar-refractivity contribution in [2.24, 2.45) is 0 Å². The van der Waals surface area contributed by atoms with Gasteiger partial charge in [0.1, 0.15) is 0 Å². The second-order valence-electron chi connectivity index (χ2n) is 8.20. The lowest BCUT2D eigenvalue weighted by Crippen LogP contribution is -1.93. The smallest absolute Gasteiger partial charge is 0.303 e. The van der Waals surface area contributed by atoms with Crippen LogP contribution in [0.4, 0.5) is 0 Å². The fourth-order valence-corrected chi connectivity index (χ4v) is 3.58. The molecule has 1 N–H and O–H groups in total. The summed E-state index contributed by atoms with van der Waals surface area (Å²) in [6, 6.07) is 0. The zero-order chi connectivity index (χ0) is 19.8. The molecule has 0 saturated carbocycles. The van der Waals surface area contributed by atoms with E-state index in [1.807, 2.05) is 0 Å². The van der Waals surface area contributed by atoms with Gasteiger partial charge in [-0.05, 0) is 32.1 Å². The standard InChI is InChI=1S/C25H48O2/c1-2-3-4-5-6-7-8-9-10-11-12-13-14-15-16-17-18-19-20-21-22-23-24-25(26)27/h9-10H,2-8,11-24H2,1H3,(H,26,27)/b10-9-. The monoisotopic (exact) mass is 380 g/mol. The first-order valence-electron chi connectivity index (χ1n) is 12.1. The average molecular weight is 381 g/mol. The van der Waals surface area contributed by atoms with Crippen LogP contribution in [0.3, 0.4) is 0 Å². The molecule has 0 rings (SSSR count). The first kappa shape index (κ1) is 26.2. The summed E-state index contributed by atoms with van der Waals surface area (Å²) in [6.45, 7) is 2.28. The number of carboxylic acids is 1. The third-order valence-corrected chi connectivity index (χ3v) is 5.40. The first-order valence-corrected chi connectivity index (χ1v) is 12.1. The SMILES string of the molecule is CCCCCCCC/C=C\CCCCCCCCCCCCCCC(=O)O. The van der Waals surface area contributed by atoms with Gasteiger partial charge in [0.15, 0.2) is 0 Å². The Hall–Kier alpha value is -0.790. The van der Waals surface area contributed by atoms with Crippen LogP contribution in [0.5, 0.6) is 0 Å². The van der Waals surface area contributed by atoms with Crippen LogP contribution in [0, 0.1) is 0 Å². The number of carbonyl (C=O) groups is 1. The number of hydrogen-bond donors (Lipinski definition) is 1. The van der Waals surface area contributed by atoms with E-state index in [-0.39, 0.29) is 0 Å². The zero-order valence-electron chi connectivity index (χ0n) is 18.4. The van der Waals surface area contributed by atoms with Crippen molar-refractivity contribution >= 4 is 5.97 Å². The normalized spacial score (nSPS) is 11.4. The molecule has 0 heterocycles. The van der Waals surface area contributed by atoms with Gasteiger partial charge in [-0.25, -0.2) is 0 Å². The third kappa shape index (κ3) is 25.2. The Balaban J connectivity index is 3.06. The average Bonchev–Trinajstić information content (AvgIpc) is 2.65. The van der Waals surface area contributed by atoms with Gasteiger partial charge in [0, 0.05) is 6.42 Å². The molecular formula is C25H48O2. The molecule has 0 aliphatic heterocycles. The number of rotatable bonds is 22. The number of allylic oxidation sites excluding steroid dienone is 2. The predicted octanol–water partition coefficient (Wildman–Crippen LogP) is 8.84. The van der Waals surface area contributed by atoms with Crippen molar-refractivity contribution in [2.75, 3.05) is 0 Å². The molecule has 0 fully saturated rings. The highest BCUT2D eigenvalue weighted by Gasteiger charge is 1.97. The minimum atomic E-state index is -0.654. The van der Waals surface area contributed by atoms with E-state index in [0.717, 1.165) is 12.8 Å². The lowest BCUT2D eigenvalue weighted by Gasteiger charge is -2.02. The fourth-order valence-electron chi connectivity index (χ4n) is 3.58. The molecule has 0 aromatic rings. The number of unbranched alkanes of at least 4 members (excludes halogenated alkanes) is 18. The van der Waals surface area contributed by atoms with E-state index in [9.17, 15) is 4.79 Å². The summed E-state index contributed by atoms with van der Waals surface area (Å²) in [6.07, 6.45) is 31.6. The van der Waals surface area contributed by atoms with Crippen molar-refractivity contribution in [1.29, 1.82) is 0 Å². The van der Waals surface area contributed by atoms with Gasteiger partial charge in [-0.1, -0.05) is 115 Å². The quantitative estimate of drug-likeness (QED) is 0.150. The summed E-state index contributed by atoms with van der Waals surface area (Å²) in [4.78, 5) is 10.4. The van der Waals surface area contributed by atoms with Crippen LogP contribution in [-0.2, 0) is 4.79 Å². The van der Waals surface area contributed by atoms with E-state index in [1.54, 1.807) is 0 Å². The highest BCUT2D eigenvalue weighted by atomic mass is 16.4. The molecule has 0 aromatic heterocycles. The van der Waals surface area contributed by atoms with Crippen molar-refractivity contribution in [3.05, 3.63) is 12.2 Å². The molecule has 2 heteroatoms. The maximum atomic E-state index is 10.4. The molecule has 160 valence electrons. The number of aliphatic carboxylic acids is 1. The minimum Gasteiger partial charge on any atom is -0.481 e. The Kier molecular flexibility index (Phi) is 22.6. The molecule has 0 aliphatic rings. The molecular weight excluding hydrogens is 332 g/mol. The van der Waals surface area contributed by atoms with E-state index in [4.69, 9.17) is 5.11 Å². The maximum Gasteiger partial charge on any atom is 0.303 e. The maximum absolute atomic E-state index is 10.4. The largest absolute Gasteiger partial charge is 0.481 e. The van der Waals surface area contributed by atoms with E-state index in [1.165, 1.54) is 116 Å². The van der Waals surface area contributed by atoms with Crippen LogP contribution in [0.1, 0.15) is 142 Å². The van der Waals surface area contributed by atoms with Gasteiger partial charge in [-0.3, -0.25) is 4.79 Å². The molecule has 2 nitrogen and oxygen atoms in total. The number of hydrogen-bond acceptors (Lipinski definition) is 1. The molecule has 0 aromatic carbocycles. The third-order valence-electron chi connectivity index (χ3n) is 5.40. The lowest BCUT2D eigenvalue weighted by atomic mass is 10.0. The second-order valence-corrected chi connectivity index (χ2v) is 8.20. The van der Waals surface area contributed by atoms with Crippen LogP contribution < -0.4 is 0 Å². The van der Waals surface area contributed by atoms with Crippen LogP contribution in [-0.4, -0.2) is 11.1 Å². The molecule has 0 saturated heterocycles. The fraction of sp³-hybridized carbons (Fsp3) is 0.880. The predicted molar refractivity (Wildman–Crippen MR) is 119 cm³/mol. The van der Waals surface area contributed by atoms with Crippen molar-refractivity contribution in [3.8, 4) is 0 Å². The molecule has 0 amide bonds. The Morgan fingerprint density at radius 3 is 1.26 bits per heavy atom. The van der Waals surface area contributed by atoms with Crippen LogP contribution >= 0.6 is 0 Å². The molecule has 0 spiro atoms. The first-order chi connectivity index (χ1) is 13.3. The molecule has 0 bridgehead atoms. The molecule has 0 aliphatic carbocycles. The van der Waals surface area contributed by atoms with Crippen molar-refractivity contribution < 1.29 is 9.90 Å². The summed E-state index contributed by atoms with van der Waals surface area (Å²) >= 11 is 0. The highest BCUT2D eigenvalue weighted by molar-refractivity contribution is 5.66. The van der Waals surface area contributed by atoms with Gasteiger partial charge < -0.3 is 5.11 Å². The molecule has 0 radical (unpaired) electrons. The van der Waals surface area contributed by atoms with Gasteiger partial charge in [-0.15, -0.1) is 0 Å². The van der Waals surface area contributed by atoms with Gasteiger partial charge in [0.05, 0.1) is 0 Å². The van der Waals surface area contributed by atoms with E-state index in [2.05, 4.69) is 19.1 Å². The Morgan fingerprint density at radius 2 is 0.889 bits per heavy atom. The van der Waals surface area contributed by atoms with E-state index < -0.39 is 5.97 Å². The van der Waals surface area contributed by atoms with Gasteiger partial charge in [0.2, 0.25) is 0 Å². The van der Waals surface area contributed by atoms with Gasteiger partial charge in [0.25, 0.3) is 0 Å². The zero-order valence-corrected chi connectivity index (χ0v) is 18.4. The highest BCUT2D eigenvalue weighted by Crippen LogP contribution is 2.13. The molecule has 27 heavy (non-hydrogen) atoms. The van der Waals surface area contributed by atoms with Gasteiger partial charge >= 0.3 is 5.97 Å². The summed E-state index contributed by atoms with van der Waals surface area (Å²) in [5.41, 5.74) is 0. The topological polar surface area (TPSA) is 37.3 Å². The van der Waals surface area contributed by atoms with Crippen molar-refractivity contribution in [3.63, 3.8) is 0 Å². The lowest BCUT2D eigenvalue weighted by molar-refractivity contribution is -0.137. The summed E-state index contributed by atoms with van der Waals surface area (Å²) in [5, 5.41) is 8.58. The van der Waals surface area contributed by atoms with Crippen molar-refractivity contribution in [1.82, 2.24) is 0 Å². The van der Waals surface area contributed by atoms with Crippen LogP contribution in [0.15, 0.2) is 12.2 Å². The Morgan fingerprint density at radius 1 is 0.556 bits per heavy atom. The Bertz CT molecular complexity index is 322. The van der Waals surface area contributed by atoms with E-state index in [0.29, 0.717) is 6.42 Å². The van der Waals surface area contributed by atoms with Crippen LogP contribution in [0.25, 0.3) is 0 Å².